The van der Waals surface area contributed by atoms with E-state index in [9.17, 15) is 22.7 Å². The van der Waals surface area contributed by atoms with Gasteiger partial charge in [-0.15, -0.1) is 0 Å². The van der Waals surface area contributed by atoms with E-state index in [1.54, 1.807) is 11.5 Å². The van der Waals surface area contributed by atoms with Crippen LogP contribution in [0.1, 0.15) is 17.2 Å². The summed E-state index contributed by atoms with van der Waals surface area (Å²) in [5, 5.41) is 10.3. The lowest BCUT2D eigenvalue weighted by atomic mass is 10.0. The first kappa shape index (κ1) is 22.2. The average molecular weight is 474 g/mol. The second-order valence-corrected chi connectivity index (χ2v) is 8.02. The van der Waals surface area contributed by atoms with Crippen molar-refractivity contribution in [3.8, 4) is 16.9 Å². The summed E-state index contributed by atoms with van der Waals surface area (Å²) in [6.45, 7) is -1.26. The van der Waals surface area contributed by atoms with Crippen LogP contribution in [0.2, 0.25) is 0 Å². The molecule has 1 N–H and O–H groups in total. The number of hydrogen-bond donors (Lipinski definition) is 1. The van der Waals surface area contributed by atoms with Crippen molar-refractivity contribution < 1.29 is 32.1 Å². The number of rotatable bonds is 6. The van der Waals surface area contributed by atoms with E-state index in [1.165, 1.54) is 24.5 Å². The number of aliphatic hydroxyl groups is 1. The predicted octanol–water partition coefficient (Wildman–Crippen LogP) is 3.95. The molecule has 0 spiro atoms. The van der Waals surface area contributed by atoms with Crippen LogP contribution in [-0.2, 0) is 16.9 Å². The van der Waals surface area contributed by atoms with Gasteiger partial charge in [0.15, 0.2) is 11.4 Å². The number of hydrogen-bond acceptors (Lipinski definition) is 6. The molecule has 176 valence electrons. The third-order valence-electron chi connectivity index (χ3n) is 5.66. The van der Waals surface area contributed by atoms with Crippen molar-refractivity contribution in [2.24, 2.45) is 0 Å². The Hall–Kier alpha value is -3.57. The van der Waals surface area contributed by atoms with Crippen LogP contribution in [-0.4, -0.2) is 44.5 Å². The first-order valence-electron chi connectivity index (χ1n) is 10.3. The van der Waals surface area contributed by atoms with Crippen molar-refractivity contribution in [2.75, 3.05) is 13.2 Å². The Morgan fingerprint density at radius 1 is 1.15 bits per heavy atom. The molecule has 7 nitrogen and oxygen atoms in total. The zero-order valence-corrected chi connectivity index (χ0v) is 17.8. The Morgan fingerprint density at radius 2 is 1.88 bits per heavy atom. The summed E-state index contributed by atoms with van der Waals surface area (Å²) in [7, 11) is 0. The molecule has 3 heterocycles. The Labute approximate surface area is 190 Å². The zero-order chi connectivity index (χ0) is 24.0. The Kier molecular flexibility index (Phi) is 5.45. The van der Waals surface area contributed by atoms with Gasteiger partial charge in [0.25, 0.3) is 0 Å². The molecule has 0 unspecified atom stereocenters. The number of aryl methyl sites for hydroxylation is 1. The van der Waals surface area contributed by atoms with Gasteiger partial charge in [0.05, 0.1) is 30.8 Å². The van der Waals surface area contributed by atoms with E-state index < -0.39 is 23.8 Å². The fourth-order valence-corrected chi connectivity index (χ4v) is 3.87. The third-order valence-corrected chi connectivity index (χ3v) is 5.66. The third kappa shape index (κ3) is 3.97. The standard InChI is InChI=1S/C23H18F4N4O3/c1-12-30-18-6-17(25)16(14-7-28-21(29-8-14)23(32)10-33-11-23)5-19(18)31(12)9-13-4-15(24)2-3-20(13)34-22(26)27/h2-8,22,32H,9-11H2,1H3. The van der Waals surface area contributed by atoms with Gasteiger partial charge in [0.1, 0.15) is 23.2 Å². The number of benzene rings is 2. The van der Waals surface area contributed by atoms with Crippen molar-refractivity contribution in [1.82, 2.24) is 19.5 Å². The fraction of sp³-hybridized carbons (Fsp3) is 0.261. The van der Waals surface area contributed by atoms with Crippen LogP contribution in [0.4, 0.5) is 17.6 Å². The highest BCUT2D eigenvalue weighted by molar-refractivity contribution is 5.83. The summed E-state index contributed by atoms with van der Waals surface area (Å²) in [5.41, 5.74) is 0.309. The molecule has 34 heavy (non-hydrogen) atoms. The van der Waals surface area contributed by atoms with Crippen LogP contribution in [0.25, 0.3) is 22.2 Å². The normalized spacial score (nSPS) is 15.0. The van der Waals surface area contributed by atoms with Gasteiger partial charge in [-0.3, -0.25) is 0 Å². The summed E-state index contributed by atoms with van der Waals surface area (Å²) >= 11 is 0. The minimum absolute atomic E-state index is 0.0321. The smallest absolute Gasteiger partial charge is 0.387 e. The van der Waals surface area contributed by atoms with Crippen LogP contribution in [0.5, 0.6) is 5.75 Å². The highest BCUT2D eigenvalue weighted by atomic mass is 19.3. The van der Waals surface area contributed by atoms with Gasteiger partial charge in [-0.25, -0.2) is 23.7 Å². The van der Waals surface area contributed by atoms with Gasteiger partial charge in [0, 0.05) is 35.2 Å². The van der Waals surface area contributed by atoms with Gasteiger partial charge in [-0.1, -0.05) is 0 Å². The quantitative estimate of drug-likeness (QED) is 0.427. The molecule has 1 aliphatic heterocycles. The molecule has 0 bridgehead atoms. The highest BCUT2D eigenvalue weighted by Crippen LogP contribution is 2.31. The molecule has 11 heteroatoms. The van der Waals surface area contributed by atoms with Crippen LogP contribution in [0.15, 0.2) is 42.7 Å². The molecule has 0 atom stereocenters. The molecule has 0 amide bonds. The lowest BCUT2D eigenvalue weighted by Crippen LogP contribution is -2.47. The van der Waals surface area contributed by atoms with E-state index >= 15 is 0 Å². The molecule has 5 rings (SSSR count). The molecule has 0 aliphatic carbocycles. The molecule has 2 aromatic carbocycles. The molecule has 0 saturated carbocycles. The van der Waals surface area contributed by atoms with Gasteiger partial charge in [-0.05, 0) is 31.2 Å². The topological polar surface area (TPSA) is 82.3 Å². The van der Waals surface area contributed by atoms with E-state index in [4.69, 9.17) is 4.74 Å². The largest absolute Gasteiger partial charge is 0.434 e. The van der Waals surface area contributed by atoms with Gasteiger partial charge in [0.2, 0.25) is 0 Å². The van der Waals surface area contributed by atoms with Crippen molar-refractivity contribution in [3.63, 3.8) is 0 Å². The maximum absolute atomic E-state index is 14.9. The van der Waals surface area contributed by atoms with Crippen molar-refractivity contribution in [1.29, 1.82) is 0 Å². The molecule has 0 radical (unpaired) electrons. The minimum atomic E-state index is -3.07. The summed E-state index contributed by atoms with van der Waals surface area (Å²) in [6.07, 6.45) is 2.80. The van der Waals surface area contributed by atoms with Gasteiger partial charge in [-0.2, -0.15) is 8.78 Å². The zero-order valence-electron chi connectivity index (χ0n) is 17.8. The van der Waals surface area contributed by atoms with Crippen LogP contribution < -0.4 is 4.74 Å². The average Bonchev–Trinajstić information content (AvgIpc) is 3.07. The summed E-state index contributed by atoms with van der Waals surface area (Å²) in [6, 6.07) is 6.06. The van der Waals surface area contributed by atoms with Gasteiger partial charge >= 0.3 is 6.61 Å². The van der Waals surface area contributed by atoms with Crippen molar-refractivity contribution in [2.45, 2.75) is 25.7 Å². The second kappa shape index (κ2) is 8.33. The predicted molar refractivity (Wildman–Crippen MR) is 112 cm³/mol. The van der Waals surface area contributed by atoms with Crippen LogP contribution >= 0.6 is 0 Å². The number of imidazole rings is 1. The van der Waals surface area contributed by atoms with Crippen LogP contribution in [0.3, 0.4) is 0 Å². The second-order valence-electron chi connectivity index (χ2n) is 8.02. The SMILES string of the molecule is Cc1nc2cc(F)c(-c3cnc(C4(O)COC4)nc3)cc2n1Cc1cc(F)ccc1OC(F)F. The first-order chi connectivity index (χ1) is 16.2. The first-order valence-corrected chi connectivity index (χ1v) is 10.3. The molecule has 1 saturated heterocycles. The van der Waals surface area contributed by atoms with E-state index in [0.29, 0.717) is 22.4 Å². The maximum atomic E-state index is 14.9. The number of ether oxygens (including phenoxy) is 2. The molecule has 1 aliphatic rings. The summed E-state index contributed by atoms with van der Waals surface area (Å²) in [4.78, 5) is 12.7. The molecule has 1 fully saturated rings. The van der Waals surface area contributed by atoms with Crippen LogP contribution in [0, 0.1) is 18.6 Å². The van der Waals surface area contributed by atoms with E-state index in [1.807, 2.05) is 0 Å². The lowest BCUT2D eigenvalue weighted by Gasteiger charge is -2.34. The van der Waals surface area contributed by atoms with Crippen molar-refractivity contribution in [3.05, 3.63) is 71.6 Å². The number of alkyl halides is 2. The number of aromatic nitrogens is 4. The summed E-state index contributed by atoms with van der Waals surface area (Å²) in [5.74, 6) is -0.685. The minimum Gasteiger partial charge on any atom is -0.434 e. The molecular weight excluding hydrogens is 456 g/mol. The lowest BCUT2D eigenvalue weighted by molar-refractivity contribution is -0.189. The molecule has 2 aromatic heterocycles. The number of nitrogens with zero attached hydrogens (tertiary/aromatic N) is 4. The van der Waals surface area contributed by atoms with E-state index in [0.717, 1.165) is 18.2 Å². The Bertz CT molecular complexity index is 1370. The highest BCUT2D eigenvalue weighted by Gasteiger charge is 2.40. The van der Waals surface area contributed by atoms with E-state index in [2.05, 4.69) is 19.7 Å². The monoisotopic (exact) mass is 474 g/mol. The maximum Gasteiger partial charge on any atom is 0.387 e. The van der Waals surface area contributed by atoms with E-state index in [-0.39, 0.29) is 42.5 Å². The Balaban J connectivity index is 1.55. The van der Waals surface area contributed by atoms with Gasteiger partial charge < -0.3 is 19.1 Å². The number of fused-ring (bicyclic) bond motifs is 1. The fourth-order valence-electron chi connectivity index (χ4n) is 3.87. The summed E-state index contributed by atoms with van der Waals surface area (Å²) < 4.78 is 65.6. The Morgan fingerprint density at radius 3 is 2.53 bits per heavy atom. The number of halogens is 4. The molecule has 4 aromatic rings. The molecular formula is C23H18F4N4O3. The van der Waals surface area contributed by atoms with Crippen molar-refractivity contribution >= 4 is 11.0 Å².